The summed E-state index contributed by atoms with van der Waals surface area (Å²) in [6, 6.07) is 4.42. The van der Waals surface area contributed by atoms with Crippen LogP contribution in [0.25, 0.3) is 11.4 Å². The number of halogens is 1. The number of rotatable bonds is 1. The number of fused-ring (bicyclic) bond motifs is 1. The summed E-state index contributed by atoms with van der Waals surface area (Å²) < 4.78 is 2.27. The Morgan fingerprint density at radius 3 is 3.12 bits per heavy atom. The van der Waals surface area contributed by atoms with Crippen LogP contribution in [0.1, 0.15) is 31.5 Å². The zero-order chi connectivity index (χ0) is 11.8. The van der Waals surface area contributed by atoms with Crippen molar-refractivity contribution in [1.29, 1.82) is 0 Å². The zero-order valence-corrected chi connectivity index (χ0v) is 10.5. The molecular weight excluding hydrogens is 234 g/mol. The van der Waals surface area contributed by atoms with Crippen LogP contribution >= 0.6 is 11.6 Å². The molecule has 0 aliphatic carbocycles. The minimum Gasteiger partial charge on any atom is -0.324 e. The molecule has 3 heterocycles. The van der Waals surface area contributed by atoms with Gasteiger partial charge in [0.2, 0.25) is 0 Å². The Labute approximate surface area is 105 Å². The molecule has 0 saturated heterocycles. The van der Waals surface area contributed by atoms with Gasteiger partial charge in [0.05, 0.1) is 5.69 Å². The lowest BCUT2D eigenvalue weighted by atomic mass is 10.0. The second kappa shape index (κ2) is 4.15. The molecule has 0 N–H and O–H groups in total. The smallest absolute Gasteiger partial charge is 0.150 e. The summed E-state index contributed by atoms with van der Waals surface area (Å²) in [6.07, 6.45) is 7.02. The fraction of sp³-hybridized carbons (Fsp3) is 0.385. The molecule has 0 aromatic carbocycles. The molecule has 0 spiro atoms. The van der Waals surface area contributed by atoms with Crippen molar-refractivity contribution >= 4 is 11.6 Å². The van der Waals surface area contributed by atoms with E-state index in [0.29, 0.717) is 11.2 Å². The minimum atomic E-state index is 0.467. The molecule has 1 atom stereocenters. The highest BCUT2D eigenvalue weighted by Crippen LogP contribution is 2.34. The van der Waals surface area contributed by atoms with Gasteiger partial charge in [0.1, 0.15) is 5.82 Å². The summed E-state index contributed by atoms with van der Waals surface area (Å²) in [5, 5.41) is 0.649. The van der Waals surface area contributed by atoms with Crippen molar-refractivity contribution in [3.8, 4) is 11.4 Å². The normalized spacial score (nSPS) is 19.1. The highest BCUT2D eigenvalue weighted by atomic mass is 35.5. The van der Waals surface area contributed by atoms with Gasteiger partial charge in [-0.3, -0.25) is 4.98 Å². The van der Waals surface area contributed by atoms with Crippen molar-refractivity contribution in [1.82, 2.24) is 14.5 Å². The maximum absolute atomic E-state index is 6.23. The van der Waals surface area contributed by atoms with Gasteiger partial charge in [0.15, 0.2) is 5.15 Å². The first-order valence-corrected chi connectivity index (χ1v) is 6.32. The van der Waals surface area contributed by atoms with Crippen LogP contribution in [0.2, 0.25) is 5.15 Å². The van der Waals surface area contributed by atoms with E-state index < -0.39 is 0 Å². The van der Waals surface area contributed by atoms with E-state index in [1.807, 2.05) is 18.3 Å². The lowest BCUT2D eigenvalue weighted by Crippen LogP contribution is -2.15. The van der Waals surface area contributed by atoms with E-state index in [0.717, 1.165) is 17.8 Å². The Kier molecular flexibility index (Phi) is 2.63. The Hall–Kier alpha value is -1.35. The van der Waals surface area contributed by atoms with Crippen molar-refractivity contribution in [3.63, 3.8) is 0 Å². The molecule has 3 nitrogen and oxygen atoms in total. The number of hydrogen-bond acceptors (Lipinski definition) is 2. The molecule has 2 aromatic heterocycles. The number of imidazole rings is 1. The van der Waals surface area contributed by atoms with Gasteiger partial charge in [0, 0.05) is 24.0 Å². The molecule has 88 valence electrons. The number of aromatic nitrogens is 3. The summed E-state index contributed by atoms with van der Waals surface area (Å²) in [7, 11) is 0. The Morgan fingerprint density at radius 2 is 2.35 bits per heavy atom. The van der Waals surface area contributed by atoms with Gasteiger partial charge < -0.3 is 4.57 Å². The van der Waals surface area contributed by atoms with E-state index in [9.17, 15) is 0 Å². The topological polar surface area (TPSA) is 30.7 Å². The summed E-state index contributed by atoms with van der Waals surface area (Å²) in [4.78, 5) is 8.65. The summed E-state index contributed by atoms with van der Waals surface area (Å²) in [5.41, 5.74) is 2.21. The third-order valence-electron chi connectivity index (χ3n) is 3.36. The first-order chi connectivity index (χ1) is 8.27. The molecule has 1 unspecified atom stereocenters. The Morgan fingerprint density at radius 1 is 1.47 bits per heavy atom. The van der Waals surface area contributed by atoms with Crippen LogP contribution in [0.3, 0.4) is 0 Å². The third kappa shape index (κ3) is 1.75. The Bertz CT molecular complexity index is 533. The highest BCUT2D eigenvalue weighted by Gasteiger charge is 2.24. The van der Waals surface area contributed by atoms with Crippen molar-refractivity contribution < 1.29 is 0 Å². The van der Waals surface area contributed by atoms with E-state index in [-0.39, 0.29) is 0 Å². The monoisotopic (exact) mass is 247 g/mol. The van der Waals surface area contributed by atoms with Crippen LogP contribution < -0.4 is 0 Å². The predicted octanol–water partition coefficient (Wildman–Crippen LogP) is 3.50. The van der Waals surface area contributed by atoms with E-state index >= 15 is 0 Å². The molecule has 4 heteroatoms. The van der Waals surface area contributed by atoms with Gasteiger partial charge in [-0.05, 0) is 38.3 Å². The predicted molar refractivity (Wildman–Crippen MR) is 68.1 cm³/mol. The van der Waals surface area contributed by atoms with Crippen molar-refractivity contribution in [2.75, 3.05) is 0 Å². The highest BCUT2D eigenvalue weighted by molar-refractivity contribution is 6.30. The van der Waals surface area contributed by atoms with Gasteiger partial charge in [-0.25, -0.2) is 4.98 Å². The fourth-order valence-electron chi connectivity index (χ4n) is 2.53. The molecule has 0 fully saturated rings. The second-order valence-corrected chi connectivity index (χ2v) is 4.88. The van der Waals surface area contributed by atoms with Crippen LogP contribution in [-0.4, -0.2) is 14.5 Å². The molecular formula is C13H14ClN3. The first-order valence-electron chi connectivity index (χ1n) is 5.94. The maximum Gasteiger partial charge on any atom is 0.150 e. The molecule has 3 rings (SSSR count). The van der Waals surface area contributed by atoms with Crippen molar-refractivity contribution in [2.24, 2.45) is 0 Å². The van der Waals surface area contributed by atoms with Gasteiger partial charge >= 0.3 is 0 Å². The fourth-order valence-corrected chi connectivity index (χ4v) is 2.80. The lowest BCUT2D eigenvalue weighted by Gasteiger charge is -2.24. The first kappa shape index (κ1) is 10.8. The molecule has 0 radical (unpaired) electrons. The van der Waals surface area contributed by atoms with Crippen LogP contribution in [-0.2, 0) is 6.42 Å². The second-order valence-electron chi connectivity index (χ2n) is 4.53. The quantitative estimate of drug-likeness (QED) is 0.772. The van der Waals surface area contributed by atoms with Crippen LogP contribution in [0.5, 0.6) is 0 Å². The van der Waals surface area contributed by atoms with Gasteiger partial charge in [0.25, 0.3) is 0 Å². The molecule has 0 amide bonds. The summed E-state index contributed by atoms with van der Waals surface area (Å²) >= 11 is 6.23. The van der Waals surface area contributed by atoms with Gasteiger partial charge in [-0.1, -0.05) is 11.6 Å². The maximum atomic E-state index is 6.23. The van der Waals surface area contributed by atoms with Gasteiger partial charge in [-0.2, -0.15) is 0 Å². The Balaban J connectivity index is 2.18. The molecule has 17 heavy (non-hydrogen) atoms. The van der Waals surface area contributed by atoms with E-state index in [1.54, 1.807) is 6.20 Å². The number of nitrogens with zero attached hydrogens (tertiary/aromatic N) is 3. The van der Waals surface area contributed by atoms with Crippen LogP contribution in [0.4, 0.5) is 0 Å². The van der Waals surface area contributed by atoms with Gasteiger partial charge in [-0.15, -0.1) is 0 Å². The van der Waals surface area contributed by atoms with Crippen molar-refractivity contribution in [3.05, 3.63) is 35.4 Å². The molecule has 2 aromatic rings. The van der Waals surface area contributed by atoms with E-state index in [1.165, 1.54) is 18.5 Å². The SMILES string of the molecule is CC1CCCc2c(Cl)nc(-c3cccnc3)n21. The zero-order valence-electron chi connectivity index (χ0n) is 9.73. The lowest BCUT2D eigenvalue weighted by molar-refractivity contribution is 0.436. The van der Waals surface area contributed by atoms with E-state index in [2.05, 4.69) is 21.5 Å². The number of hydrogen-bond donors (Lipinski definition) is 0. The number of pyridine rings is 1. The van der Waals surface area contributed by atoms with Crippen LogP contribution in [0.15, 0.2) is 24.5 Å². The van der Waals surface area contributed by atoms with E-state index in [4.69, 9.17) is 11.6 Å². The molecule has 0 bridgehead atoms. The molecule has 0 saturated carbocycles. The standard InChI is InChI=1S/C13H14ClN3/c1-9-4-2-6-11-12(14)16-13(17(9)11)10-5-3-7-15-8-10/h3,5,7-9H,2,4,6H2,1H3. The molecule has 1 aliphatic rings. The summed E-state index contributed by atoms with van der Waals surface area (Å²) in [5.74, 6) is 0.949. The molecule has 1 aliphatic heterocycles. The average molecular weight is 248 g/mol. The largest absolute Gasteiger partial charge is 0.324 e. The third-order valence-corrected chi connectivity index (χ3v) is 3.66. The van der Waals surface area contributed by atoms with Crippen molar-refractivity contribution in [2.45, 2.75) is 32.2 Å². The van der Waals surface area contributed by atoms with Crippen LogP contribution in [0, 0.1) is 0 Å². The minimum absolute atomic E-state index is 0.467. The average Bonchev–Trinajstić information content (AvgIpc) is 2.70. The summed E-state index contributed by atoms with van der Waals surface area (Å²) in [6.45, 7) is 2.22.